The van der Waals surface area contributed by atoms with Gasteiger partial charge in [-0.2, -0.15) is 0 Å². The van der Waals surface area contributed by atoms with Gasteiger partial charge in [-0.1, -0.05) is 0 Å². The summed E-state index contributed by atoms with van der Waals surface area (Å²) in [4.78, 5) is 34.4. The summed E-state index contributed by atoms with van der Waals surface area (Å²) in [5, 5.41) is 18.8. The Hall–Kier alpha value is -1.59. The molecule has 0 aromatic heterocycles. The highest BCUT2D eigenvalue weighted by Gasteiger charge is 2.66. The fourth-order valence-corrected chi connectivity index (χ4v) is 3.83. The van der Waals surface area contributed by atoms with Gasteiger partial charge in [0.1, 0.15) is 0 Å². The van der Waals surface area contributed by atoms with Crippen LogP contribution in [-0.4, -0.2) is 35.2 Å². The first-order valence-electron chi connectivity index (χ1n) is 5.96. The molecule has 0 amide bonds. The minimum absolute atomic E-state index is 0.131. The number of aliphatic carboxylic acids is 2. The van der Waals surface area contributed by atoms with Gasteiger partial charge in [0.15, 0.2) is 0 Å². The second-order valence-electron chi connectivity index (χ2n) is 5.18. The van der Waals surface area contributed by atoms with E-state index in [2.05, 4.69) is 4.74 Å². The number of ether oxygens (including phenoxy) is 1. The summed E-state index contributed by atoms with van der Waals surface area (Å²) in [6, 6.07) is 0. The van der Waals surface area contributed by atoms with E-state index < -0.39 is 29.2 Å². The number of carboxylic acid groups (broad SMARTS) is 2. The van der Waals surface area contributed by atoms with Gasteiger partial charge in [0.2, 0.25) is 0 Å². The molecular weight excluding hydrogens is 240 g/mol. The highest BCUT2D eigenvalue weighted by molar-refractivity contribution is 5.89. The van der Waals surface area contributed by atoms with Crippen molar-refractivity contribution in [1.82, 2.24) is 0 Å². The lowest BCUT2D eigenvalue weighted by Gasteiger charge is -2.37. The Morgan fingerprint density at radius 3 is 2.44 bits per heavy atom. The van der Waals surface area contributed by atoms with E-state index in [-0.39, 0.29) is 18.3 Å². The molecule has 0 spiro atoms. The van der Waals surface area contributed by atoms with Crippen molar-refractivity contribution in [3.8, 4) is 0 Å². The SMILES string of the molecule is COC(=O)CC1(C(=O)O)C2CCC(C2)C1C(=O)O. The number of rotatable bonds is 4. The molecule has 6 nitrogen and oxygen atoms in total. The smallest absolute Gasteiger partial charge is 0.311 e. The third-order valence-corrected chi connectivity index (χ3v) is 4.56. The summed E-state index contributed by atoms with van der Waals surface area (Å²) < 4.78 is 4.53. The van der Waals surface area contributed by atoms with Gasteiger partial charge in [-0.25, -0.2) is 0 Å². The highest BCUT2D eigenvalue weighted by Crippen LogP contribution is 2.61. The zero-order valence-electron chi connectivity index (χ0n) is 10.1. The summed E-state index contributed by atoms with van der Waals surface area (Å²) in [5.74, 6) is -4.31. The van der Waals surface area contributed by atoms with E-state index in [1.165, 1.54) is 7.11 Å². The second-order valence-corrected chi connectivity index (χ2v) is 5.18. The lowest BCUT2D eigenvalue weighted by Crippen LogP contribution is -2.48. The van der Waals surface area contributed by atoms with Crippen LogP contribution in [0, 0.1) is 23.2 Å². The Labute approximate surface area is 104 Å². The Balaban J connectivity index is 2.41. The van der Waals surface area contributed by atoms with Crippen LogP contribution >= 0.6 is 0 Å². The van der Waals surface area contributed by atoms with Gasteiger partial charge in [-0.05, 0) is 31.1 Å². The van der Waals surface area contributed by atoms with Crippen molar-refractivity contribution in [3.63, 3.8) is 0 Å². The molecule has 2 rings (SSSR count). The third kappa shape index (κ3) is 1.59. The molecule has 0 aromatic carbocycles. The third-order valence-electron chi connectivity index (χ3n) is 4.56. The van der Waals surface area contributed by atoms with Crippen molar-refractivity contribution in [2.45, 2.75) is 25.7 Å². The summed E-state index contributed by atoms with van der Waals surface area (Å²) in [6.07, 6.45) is 1.65. The van der Waals surface area contributed by atoms with E-state index in [1.807, 2.05) is 0 Å². The average Bonchev–Trinajstić information content (AvgIpc) is 2.87. The molecule has 2 fully saturated rings. The zero-order chi connectivity index (χ0) is 13.5. The van der Waals surface area contributed by atoms with Gasteiger partial charge in [0.05, 0.1) is 24.9 Å². The predicted octanol–water partition coefficient (Wildman–Crippen LogP) is 0.751. The molecule has 2 aliphatic rings. The molecule has 0 radical (unpaired) electrons. The molecule has 2 aliphatic carbocycles. The number of hydrogen-bond donors (Lipinski definition) is 2. The van der Waals surface area contributed by atoms with E-state index in [4.69, 9.17) is 0 Å². The van der Waals surface area contributed by atoms with Crippen LogP contribution in [0.2, 0.25) is 0 Å². The van der Waals surface area contributed by atoms with E-state index in [0.717, 1.165) is 6.42 Å². The summed E-state index contributed by atoms with van der Waals surface area (Å²) in [6.45, 7) is 0. The molecule has 0 heterocycles. The first-order valence-corrected chi connectivity index (χ1v) is 5.96. The van der Waals surface area contributed by atoms with E-state index in [0.29, 0.717) is 12.8 Å². The molecule has 2 saturated carbocycles. The quantitative estimate of drug-likeness (QED) is 0.720. The molecule has 0 saturated heterocycles. The standard InChI is InChI=1S/C12H16O6/c1-18-8(13)5-12(11(16)17)7-3-2-6(4-7)9(12)10(14)15/h6-7,9H,2-5H2,1H3,(H,14,15)(H,16,17). The zero-order valence-corrected chi connectivity index (χ0v) is 10.1. The first kappa shape index (κ1) is 12.9. The van der Waals surface area contributed by atoms with Crippen LogP contribution in [-0.2, 0) is 19.1 Å². The molecule has 4 unspecified atom stereocenters. The summed E-state index contributed by atoms with van der Waals surface area (Å²) in [5.41, 5.74) is -1.48. The maximum absolute atomic E-state index is 11.6. The molecular formula is C12H16O6. The van der Waals surface area contributed by atoms with Crippen LogP contribution in [0.3, 0.4) is 0 Å². The normalized spacial score (nSPS) is 37.5. The van der Waals surface area contributed by atoms with Crippen LogP contribution < -0.4 is 0 Å². The summed E-state index contributed by atoms with van der Waals surface area (Å²) >= 11 is 0. The maximum atomic E-state index is 11.6. The van der Waals surface area contributed by atoms with Crippen LogP contribution in [0.5, 0.6) is 0 Å². The molecule has 4 atom stereocenters. The first-order chi connectivity index (χ1) is 8.43. The van der Waals surface area contributed by atoms with Crippen LogP contribution in [0.15, 0.2) is 0 Å². The number of fused-ring (bicyclic) bond motifs is 2. The Morgan fingerprint density at radius 1 is 1.28 bits per heavy atom. The molecule has 6 heteroatoms. The molecule has 18 heavy (non-hydrogen) atoms. The van der Waals surface area contributed by atoms with Crippen molar-refractivity contribution in [1.29, 1.82) is 0 Å². The monoisotopic (exact) mass is 256 g/mol. The van der Waals surface area contributed by atoms with Crippen LogP contribution in [0.25, 0.3) is 0 Å². The lowest BCUT2D eigenvalue weighted by molar-refractivity contribution is -0.172. The number of carbonyl (C=O) groups is 3. The Kier molecular flexibility index (Phi) is 3.04. The number of carboxylic acids is 2. The van der Waals surface area contributed by atoms with E-state index in [1.54, 1.807) is 0 Å². The number of esters is 1. The van der Waals surface area contributed by atoms with Crippen molar-refractivity contribution >= 4 is 17.9 Å². The number of hydrogen-bond acceptors (Lipinski definition) is 4. The van der Waals surface area contributed by atoms with Crippen molar-refractivity contribution < 1.29 is 29.3 Å². The van der Waals surface area contributed by atoms with Gasteiger partial charge in [0, 0.05) is 0 Å². The van der Waals surface area contributed by atoms with Crippen LogP contribution in [0.4, 0.5) is 0 Å². The minimum atomic E-state index is -1.48. The Bertz CT molecular complexity index is 403. The minimum Gasteiger partial charge on any atom is -0.481 e. The number of carbonyl (C=O) groups excluding carboxylic acids is 1. The fourth-order valence-electron chi connectivity index (χ4n) is 3.83. The molecule has 2 bridgehead atoms. The molecule has 0 aromatic rings. The van der Waals surface area contributed by atoms with Gasteiger partial charge in [0.25, 0.3) is 0 Å². The van der Waals surface area contributed by atoms with Gasteiger partial charge in [-0.15, -0.1) is 0 Å². The van der Waals surface area contributed by atoms with Gasteiger partial charge in [-0.3, -0.25) is 14.4 Å². The fraction of sp³-hybridized carbons (Fsp3) is 0.750. The number of methoxy groups -OCH3 is 1. The van der Waals surface area contributed by atoms with Crippen molar-refractivity contribution in [3.05, 3.63) is 0 Å². The van der Waals surface area contributed by atoms with Crippen molar-refractivity contribution in [2.75, 3.05) is 7.11 Å². The topological polar surface area (TPSA) is 101 Å². The predicted molar refractivity (Wildman–Crippen MR) is 58.7 cm³/mol. The summed E-state index contributed by atoms with van der Waals surface area (Å²) in [7, 11) is 1.18. The Morgan fingerprint density at radius 2 is 1.94 bits per heavy atom. The van der Waals surface area contributed by atoms with E-state index in [9.17, 15) is 24.6 Å². The second kappa shape index (κ2) is 4.26. The van der Waals surface area contributed by atoms with E-state index >= 15 is 0 Å². The maximum Gasteiger partial charge on any atom is 0.311 e. The largest absolute Gasteiger partial charge is 0.481 e. The molecule has 2 N–H and O–H groups in total. The molecule has 100 valence electrons. The van der Waals surface area contributed by atoms with Gasteiger partial charge >= 0.3 is 17.9 Å². The molecule has 0 aliphatic heterocycles. The van der Waals surface area contributed by atoms with Crippen molar-refractivity contribution in [2.24, 2.45) is 23.2 Å². The lowest BCUT2D eigenvalue weighted by atomic mass is 9.64. The van der Waals surface area contributed by atoms with Crippen LogP contribution in [0.1, 0.15) is 25.7 Å². The van der Waals surface area contributed by atoms with Gasteiger partial charge < -0.3 is 14.9 Å². The highest BCUT2D eigenvalue weighted by atomic mass is 16.5. The average molecular weight is 256 g/mol.